The minimum Gasteiger partial charge on any atom is -0.303 e. The van der Waals surface area contributed by atoms with Crippen LogP contribution in [0.4, 0.5) is 0 Å². The molecule has 0 unspecified atom stereocenters. The zero-order valence-corrected chi connectivity index (χ0v) is 12.0. The predicted octanol–water partition coefficient (Wildman–Crippen LogP) is 3.89. The Kier molecular flexibility index (Phi) is 2.20. The Hall–Kier alpha value is -1.31. The monoisotopic (exact) mass is 242 g/mol. The lowest BCUT2D eigenvalue weighted by Crippen LogP contribution is -2.35. The number of hydrogen-bond donors (Lipinski definition) is 0. The summed E-state index contributed by atoms with van der Waals surface area (Å²) in [6, 6.07) is 4.35. The van der Waals surface area contributed by atoms with Crippen LogP contribution in [-0.2, 0) is 11.8 Å². The van der Waals surface area contributed by atoms with E-state index in [0.717, 1.165) is 12.1 Å². The zero-order chi connectivity index (χ0) is 13.1. The van der Waals surface area contributed by atoms with E-state index in [9.17, 15) is 0 Å². The van der Waals surface area contributed by atoms with Gasteiger partial charge in [0, 0.05) is 11.6 Å². The summed E-state index contributed by atoms with van der Waals surface area (Å²) in [5.41, 5.74) is 5.64. The maximum absolute atomic E-state index is 4.87. The fraction of sp³-hybridized carbons (Fsp3) is 0.562. The fourth-order valence-corrected chi connectivity index (χ4v) is 3.83. The molecule has 1 aliphatic rings. The van der Waals surface area contributed by atoms with E-state index in [0.29, 0.717) is 5.41 Å². The van der Waals surface area contributed by atoms with Gasteiger partial charge in [0.05, 0.1) is 11.4 Å². The average Bonchev–Trinajstić information content (AvgIpc) is 2.51. The Morgan fingerprint density at radius 1 is 1.22 bits per heavy atom. The van der Waals surface area contributed by atoms with Crippen molar-refractivity contribution in [1.82, 2.24) is 9.38 Å². The Balaban J connectivity index is 2.30. The number of aryl methyl sites for hydroxylation is 1. The number of nitrogens with zero attached hydrogens (tertiary/aromatic N) is 2. The van der Waals surface area contributed by atoms with Crippen molar-refractivity contribution in [3.63, 3.8) is 0 Å². The van der Waals surface area contributed by atoms with Gasteiger partial charge in [-0.1, -0.05) is 27.7 Å². The topological polar surface area (TPSA) is 17.3 Å². The van der Waals surface area contributed by atoms with Gasteiger partial charge in [0.25, 0.3) is 0 Å². The lowest BCUT2D eigenvalue weighted by atomic mass is 9.66. The predicted molar refractivity (Wildman–Crippen MR) is 75.1 cm³/mol. The van der Waals surface area contributed by atoms with Crippen LogP contribution in [0.2, 0.25) is 0 Å². The first-order valence-electron chi connectivity index (χ1n) is 6.77. The molecule has 2 aromatic rings. The van der Waals surface area contributed by atoms with E-state index in [-0.39, 0.29) is 5.41 Å². The molecule has 0 saturated carbocycles. The highest BCUT2D eigenvalue weighted by molar-refractivity contribution is 5.48. The SMILES string of the molecule is Cc1ccn2c3c(nc2c1)CC(C)(C)CC3(C)C. The van der Waals surface area contributed by atoms with Crippen LogP contribution in [0, 0.1) is 12.3 Å². The minimum absolute atomic E-state index is 0.200. The molecule has 0 bridgehead atoms. The van der Waals surface area contributed by atoms with Crippen LogP contribution in [0.3, 0.4) is 0 Å². The van der Waals surface area contributed by atoms with Crippen molar-refractivity contribution in [3.8, 4) is 0 Å². The number of fused-ring (bicyclic) bond motifs is 3. The van der Waals surface area contributed by atoms with Crippen LogP contribution in [0.1, 0.15) is 51.1 Å². The molecule has 2 heterocycles. The van der Waals surface area contributed by atoms with Crippen molar-refractivity contribution >= 4 is 5.65 Å². The van der Waals surface area contributed by atoms with Crippen molar-refractivity contribution < 1.29 is 0 Å². The summed E-state index contributed by atoms with van der Waals surface area (Å²) in [6.45, 7) is 11.5. The molecule has 2 heteroatoms. The summed E-state index contributed by atoms with van der Waals surface area (Å²) in [5, 5.41) is 0. The third-order valence-electron chi connectivity index (χ3n) is 4.06. The van der Waals surface area contributed by atoms with E-state index in [1.165, 1.54) is 23.4 Å². The third-order valence-corrected chi connectivity index (χ3v) is 4.06. The summed E-state index contributed by atoms with van der Waals surface area (Å²) in [6.07, 6.45) is 4.48. The molecule has 0 aromatic carbocycles. The Morgan fingerprint density at radius 3 is 2.67 bits per heavy atom. The molecule has 0 amide bonds. The lowest BCUT2D eigenvalue weighted by Gasteiger charge is -2.40. The van der Waals surface area contributed by atoms with Crippen molar-refractivity contribution in [2.45, 2.75) is 52.9 Å². The van der Waals surface area contributed by atoms with Gasteiger partial charge >= 0.3 is 0 Å². The first kappa shape index (κ1) is 11.8. The first-order chi connectivity index (χ1) is 8.28. The molecule has 0 spiro atoms. The van der Waals surface area contributed by atoms with E-state index in [2.05, 4.69) is 57.3 Å². The van der Waals surface area contributed by atoms with Crippen LogP contribution in [0.25, 0.3) is 5.65 Å². The first-order valence-corrected chi connectivity index (χ1v) is 6.77. The van der Waals surface area contributed by atoms with Gasteiger partial charge in [0.1, 0.15) is 5.65 Å². The molecule has 2 nitrogen and oxygen atoms in total. The van der Waals surface area contributed by atoms with Crippen LogP contribution in [-0.4, -0.2) is 9.38 Å². The second-order valence-corrected chi connectivity index (χ2v) is 7.24. The standard InChI is InChI=1S/C16H22N2/c1-11-6-7-18-13(8-11)17-12-9-15(2,3)10-16(4,5)14(12)18/h6-8H,9-10H2,1-5H3. The molecule has 96 valence electrons. The molecule has 0 saturated heterocycles. The van der Waals surface area contributed by atoms with Gasteiger partial charge in [-0.25, -0.2) is 4.98 Å². The molecule has 0 radical (unpaired) electrons. The smallest absolute Gasteiger partial charge is 0.137 e. The van der Waals surface area contributed by atoms with E-state index >= 15 is 0 Å². The molecule has 18 heavy (non-hydrogen) atoms. The molecular formula is C16H22N2. The molecule has 0 aliphatic heterocycles. The summed E-state index contributed by atoms with van der Waals surface area (Å²) >= 11 is 0. The highest BCUT2D eigenvalue weighted by Crippen LogP contribution is 2.45. The number of imidazole rings is 1. The van der Waals surface area contributed by atoms with Crippen LogP contribution >= 0.6 is 0 Å². The van der Waals surface area contributed by atoms with Gasteiger partial charge in [-0.05, 0) is 42.9 Å². The molecule has 2 aromatic heterocycles. The Morgan fingerprint density at radius 2 is 1.94 bits per heavy atom. The van der Waals surface area contributed by atoms with E-state index < -0.39 is 0 Å². The quantitative estimate of drug-likeness (QED) is 0.685. The van der Waals surface area contributed by atoms with Crippen molar-refractivity contribution in [3.05, 3.63) is 35.3 Å². The lowest BCUT2D eigenvalue weighted by molar-refractivity contribution is 0.224. The molecule has 1 aliphatic carbocycles. The van der Waals surface area contributed by atoms with E-state index in [4.69, 9.17) is 4.98 Å². The zero-order valence-electron chi connectivity index (χ0n) is 12.0. The summed E-state index contributed by atoms with van der Waals surface area (Å²) in [4.78, 5) is 4.87. The van der Waals surface area contributed by atoms with Gasteiger partial charge in [0.2, 0.25) is 0 Å². The largest absolute Gasteiger partial charge is 0.303 e. The number of aromatic nitrogens is 2. The highest BCUT2D eigenvalue weighted by atomic mass is 15.0. The summed E-state index contributed by atoms with van der Waals surface area (Å²) in [5.74, 6) is 0. The van der Waals surface area contributed by atoms with Crippen LogP contribution < -0.4 is 0 Å². The fourth-order valence-electron chi connectivity index (χ4n) is 3.83. The second-order valence-electron chi connectivity index (χ2n) is 7.24. The molecular weight excluding hydrogens is 220 g/mol. The maximum atomic E-state index is 4.87. The van der Waals surface area contributed by atoms with Crippen LogP contribution in [0.5, 0.6) is 0 Å². The number of hydrogen-bond acceptors (Lipinski definition) is 1. The molecule has 0 fully saturated rings. The highest BCUT2D eigenvalue weighted by Gasteiger charge is 2.40. The summed E-state index contributed by atoms with van der Waals surface area (Å²) < 4.78 is 2.29. The number of rotatable bonds is 0. The summed E-state index contributed by atoms with van der Waals surface area (Å²) in [7, 11) is 0. The van der Waals surface area contributed by atoms with E-state index in [1.54, 1.807) is 0 Å². The maximum Gasteiger partial charge on any atom is 0.137 e. The van der Waals surface area contributed by atoms with Crippen LogP contribution in [0.15, 0.2) is 18.3 Å². The minimum atomic E-state index is 0.200. The Labute approximate surface area is 109 Å². The molecule has 0 atom stereocenters. The van der Waals surface area contributed by atoms with Gasteiger partial charge in [-0.15, -0.1) is 0 Å². The van der Waals surface area contributed by atoms with Gasteiger partial charge in [0.15, 0.2) is 0 Å². The van der Waals surface area contributed by atoms with Crippen molar-refractivity contribution in [1.29, 1.82) is 0 Å². The van der Waals surface area contributed by atoms with Gasteiger partial charge in [-0.2, -0.15) is 0 Å². The van der Waals surface area contributed by atoms with E-state index in [1.807, 2.05) is 0 Å². The normalized spacial score (nSPS) is 20.9. The van der Waals surface area contributed by atoms with Gasteiger partial charge in [-0.3, -0.25) is 0 Å². The van der Waals surface area contributed by atoms with Crippen molar-refractivity contribution in [2.75, 3.05) is 0 Å². The second kappa shape index (κ2) is 3.37. The van der Waals surface area contributed by atoms with Crippen molar-refractivity contribution in [2.24, 2.45) is 5.41 Å². The Bertz CT molecular complexity index is 617. The average molecular weight is 242 g/mol. The number of pyridine rings is 1. The molecule has 0 N–H and O–H groups in total. The van der Waals surface area contributed by atoms with Gasteiger partial charge < -0.3 is 4.40 Å². The molecule has 3 rings (SSSR count). The third kappa shape index (κ3) is 1.66.